The molecular formula is C37H32LiN2O7S2-. The third kappa shape index (κ3) is 6.96. The number of benzene rings is 5. The summed E-state index contributed by atoms with van der Waals surface area (Å²) in [5, 5.41) is 4.40. The SMILES string of the molecule is Cc1cc(C)c(N=c2ccc3c(-c4ccccc4S(=O)(=O)[O-])c4ccc(Nc5c(C)cc(C)c(S(=O)(=O)[O-])c5C)cc4oc-3c2)c(C)c1.[Li+]. The summed E-state index contributed by atoms with van der Waals surface area (Å²) >= 11 is 0. The Labute approximate surface area is 297 Å². The van der Waals surface area contributed by atoms with Gasteiger partial charge in [-0.1, -0.05) is 42.0 Å². The van der Waals surface area contributed by atoms with E-state index in [1.165, 1.54) is 12.1 Å². The third-order valence-electron chi connectivity index (χ3n) is 8.43. The Morgan fingerprint density at radius 1 is 0.694 bits per heavy atom. The van der Waals surface area contributed by atoms with Gasteiger partial charge in [-0.05, 0) is 99.7 Å². The second kappa shape index (κ2) is 13.2. The number of hydrogen-bond donors (Lipinski definition) is 1. The van der Waals surface area contributed by atoms with Gasteiger partial charge in [0.05, 0.1) is 20.8 Å². The summed E-state index contributed by atoms with van der Waals surface area (Å²) in [5.41, 5.74) is 8.02. The van der Waals surface area contributed by atoms with Crippen molar-refractivity contribution < 1.29 is 49.2 Å². The third-order valence-corrected chi connectivity index (χ3v) is 10.5. The zero-order valence-corrected chi connectivity index (χ0v) is 29.8. The fraction of sp³-hybridized carbons (Fsp3) is 0.162. The number of nitrogens with zero attached hydrogens (tertiary/aromatic N) is 1. The Kier molecular flexibility index (Phi) is 9.75. The van der Waals surface area contributed by atoms with Gasteiger partial charge in [-0.2, -0.15) is 0 Å². The van der Waals surface area contributed by atoms with E-state index in [1.807, 2.05) is 33.8 Å². The van der Waals surface area contributed by atoms with E-state index in [0.29, 0.717) is 55.7 Å². The van der Waals surface area contributed by atoms with Crippen molar-refractivity contribution in [2.45, 2.75) is 51.3 Å². The van der Waals surface area contributed by atoms with E-state index < -0.39 is 20.2 Å². The van der Waals surface area contributed by atoms with E-state index in [4.69, 9.17) is 9.41 Å². The topological polar surface area (TPSA) is 152 Å². The van der Waals surface area contributed by atoms with Crippen LogP contribution in [-0.2, 0) is 20.2 Å². The first kappa shape index (κ1) is 36.1. The molecule has 0 saturated carbocycles. The zero-order chi connectivity index (χ0) is 34.7. The molecule has 1 heterocycles. The fourth-order valence-electron chi connectivity index (χ4n) is 6.57. The van der Waals surface area contributed by atoms with Crippen LogP contribution in [0.15, 0.2) is 98.1 Å². The maximum Gasteiger partial charge on any atom is 1.00 e. The quantitative estimate of drug-likeness (QED) is 0.148. The first-order valence-electron chi connectivity index (χ1n) is 15.0. The average molecular weight is 688 g/mol. The number of anilines is 2. The molecule has 0 radical (unpaired) electrons. The van der Waals surface area contributed by atoms with Gasteiger partial charge >= 0.3 is 18.9 Å². The summed E-state index contributed by atoms with van der Waals surface area (Å²) in [6, 6.07) is 22.4. The van der Waals surface area contributed by atoms with E-state index in [2.05, 4.69) is 17.4 Å². The molecule has 0 saturated heterocycles. The monoisotopic (exact) mass is 687 g/mol. The van der Waals surface area contributed by atoms with Crippen LogP contribution in [0.2, 0.25) is 0 Å². The van der Waals surface area contributed by atoms with Crippen molar-refractivity contribution in [2.24, 2.45) is 4.99 Å². The summed E-state index contributed by atoms with van der Waals surface area (Å²) in [4.78, 5) is 4.27. The number of hydrogen-bond acceptors (Lipinski definition) is 9. The van der Waals surface area contributed by atoms with Crippen LogP contribution in [0.4, 0.5) is 17.1 Å². The molecule has 1 aliphatic carbocycles. The van der Waals surface area contributed by atoms with Crippen molar-refractivity contribution in [1.82, 2.24) is 0 Å². The summed E-state index contributed by atoms with van der Waals surface area (Å²) < 4.78 is 80.0. The molecule has 4 aromatic carbocycles. The van der Waals surface area contributed by atoms with Crippen LogP contribution in [0.3, 0.4) is 0 Å². The molecule has 12 heteroatoms. The molecule has 0 bridgehead atoms. The second-order valence-corrected chi connectivity index (χ2v) is 14.8. The Hall–Kier alpha value is -4.21. The number of fused-ring (bicyclic) bond motifs is 2. The van der Waals surface area contributed by atoms with Crippen LogP contribution in [0.5, 0.6) is 0 Å². The van der Waals surface area contributed by atoms with Crippen LogP contribution in [0, 0.1) is 41.5 Å². The van der Waals surface area contributed by atoms with Crippen molar-refractivity contribution in [3.63, 3.8) is 0 Å². The predicted molar refractivity (Wildman–Crippen MR) is 184 cm³/mol. The van der Waals surface area contributed by atoms with Crippen molar-refractivity contribution in [3.8, 4) is 22.5 Å². The average Bonchev–Trinajstić information content (AvgIpc) is 2.98. The molecule has 0 spiro atoms. The van der Waals surface area contributed by atoms with E-state index in [-0.39, 0.29) is 34.2 Å². The second-order valence-electron chi connectivity index (χ2n) is 12.1. The maximum absolute atomic E-state index is 12.4. The molecule has 0 atom stereocenters. The van der Waals surface area contributed by atoms with Crippen LogP contribution in [0.25, 0.3) is 33.4 Å². The molecule has 0 amide bonds. The van der Waals surface area contributed by atoms with Gasteiger partial charge in [0.25, 0.3) is 0 Å². The summed E-state index contributed by atoms with van der Waals surface area (Å²) in [6.07, 6.45) is 0. The van der Waals surface area contributed by atoms with E-state index in [9.17, 15) is 25.9 Å². The van der Waals surface area contributed by atoms with Gasteiger partial charge in [-0.15, -0.1) is 0 Å². The van der Waals surface area contributed by atoms with Crippen LogP contribution in [-0.4, -0.2) is 25.9 Å². The van der Waals surface area contributed by atoms with Gasteiger partial charge in [0.15, 0.2) is 0 Å². The van der Waals surface area contributed by atoms with Crippen LogP contribution in [0.1, 0.15) is 33.4 Å². The number of nitrogens with one attached hydrogen (secondary N) is 1. The standard InChI is InChI=1S/C37H34N2O7S2.Li/c1-20-15-21(2)35(22(3)16-20)38-26-11-13-28-31(18-26)46-32-19-27(39-36-23(4)17-24(5)37(25(36)6)48(43,44)45)12-14-29(32)34(28)30-9-7-8-10-33(30)47(40,41)42;/h7-19,39H,1-6H3,(H,40,41,42)(H,43,44,45);/q;+1/p-2. The maximum atomic E-state index is 12.4. The van der Waals surface area contributed by atoms with Crippen molar-refractivity contribution in [1.29, 1.82) is 0 Å². The van der Waals surface area contributed by atoms with Gasteiger partial charge in [0.2, 0.25) is 0 Å². The first-order valence-corrected chi connectivity index (χ1v) is 17.9. The normalized spacial score (nSPS) is 12.4. The molecule has 1 N–H and O–H groups in total. The molecule has 1 aliphatic heterocycles. The molecule has 6 rings (SSSR count). The van der Waals surface area contributed by atoms with Gasteiger partial charge in [0.1, 0.15) is 31.6 Å². The number of aryl methyl sites for hydroxylation is 5. The van der Waals surface area contributed by atoms with Gasteiger partial charge < -0.3 is 18.8 Å². The van der Waals surface area contributed by atoms with E-state index in [1.54, 1.807) is 62.4 Å². The molecule has 49 heavy (non-hydrogen) atoms. The minimum Gasteiger partial charge on any atom is -0.744 e. The van der Waals surface area contributed by atoms with Gasteiger partial charge in [-0.25, -0.2) is 21.8 Å². The Morgan fingerprint density at radius 2 is 1.37 bits per heavy atom. The first-order chi connectivity index (χ1) is 22.5. The molecule has 9 nitrogen and oxygen atoms in total. The molecule has 0 fully saturated rings. The molecule has 0 unspecified atom stereocenters. The molecule has 246 valence electrons. The largest absolute Gasteiger partial charge is 1.00 e. The molecule has 0 aromatic heterocycles. The molecular weight excluding hydrogens is 655 g/mol. The minimum absolute atomic E-state index is 0. The van der Waals surface area contributed by atoms with Crippen LogP contribution < -0.4 is 29.5 Å². The summed E-state index contributed by atoms with van der Waals surface area (Å²) in [7, 11) is -9.58. The van der Waals surface area contributed by atoms with E-state index >= 15 is 0 Å². The smallest absolute Gasteiger partial charge is 0.744 e. The Bertz CT molecular complexity index is 2540. The number of rotatable bonds is 6. The van der Waals surface area contributed by atoms with E-state index in [0.717, 1.165) is 27.9 Å². The van der Waals surface area contributed by atoms with Crippen molar-refractivity contribution in [3.05, 3.63) is 118 Å². The summed E-state index contributed by atoms with van der Waals surface area (Å²) in [6.45, 7) is 11.0. The molecule has 2 aliphatic rings. The fourth-order valence-corrected chi connectivity index (χ4v) is 8.19. The molecule has 4 aromatic rings. The van der Waals surface area contributed by atoms with Crippen molar-refractivity contribution >= 4 is 48.3 Å². The summed E-state index contributed by atoms with van der Waals surface area (Å²) in [5.74, 6) is 0.402. The zero-order valence-electron chi connectivity index (χ0n) is 28.1. The predicted octanol–water partition coefficient (Wildman–Crippen LogP) is 4.84. The Morgan fingerprint density at radius 3 is 2.02 bits per heavy atom. The Balaban J connectivity index is 0.00000468. The van der Waals surface area contributed by atoms with Crippen molar-refractivity contribution in [2.75, 3.05) is 5.32 Å². The van der Waals surface area contributed by atoms with Crippen LogP contribution >= 0.6 is 0 Å². The minimum atomic E-state index is -4.85. The van der Waals surface area contributed by atoms with Gasteiger partial charge in [0, 0.05) is 45.6 Å². The van der Waals surface area contributed by atoms with Gasteiger partial charge in [-0.3, -0.25) is 0 Å².